The number of anilines is 1. The summed E-state index contributed by atoms with van der Waals surface area (Å²) in [5, 5.41) is 6.00. The number of rotatable bonds is 10. The first-order valence-corrected chi connectivity index (χ1v) is 8.13. The SMILES string of the molecule is CCOCCOc1ccccc1NC(=O)CNCc1ccccc1. The monoisotopic (exact) mass is 328 g/mol. The summed E-state index contributed by atoms with van der Waals surface area (Å²) in [5.41, 5.74) is 1.81. The average molecular weight is 328 g/mol. The van der Waals surface area contributed by atoms with Crippen molar-refractivity contribution in [3.8, 4) is 5.75 Å². The molecule has 0 aliphatic rings. The quantitative estimate of drug-likeness (QED) is 0.659. The molecular weight excluding hydrogens is 304 g/mol. The van der Waals surface area contributed by atoms with Gasteiger partial charge in [-0.05, 0) is 24.6 Å². The third-order valence-corrected chi connectivity index (χ3v) is 3.31. The van der Waals surface area contributed by atoms with Gasteiger partial charge in [-0.3, -0.25) is 4.79 Å². The Morgan fingerprint density at radius 2 is 1.75 bits per heavy atom. The molecule has 2 aromatic rings. The van der Waals surface area contributed by atoms with E-state index in [1.807, 2.05) is 61.5 Å². The van der Waals surface area contributed by atoms with Gasteiger partial charge < -0.3 is 20.1 Å². The number of carbonyl (C=O) groups is 1. The molecule has 0 aromatic heterocycles. The second-order valence-corrected chi connectivity index (χ2v) is 5.18. The van der Waals surface area contributed by atoms with Gasteiger partial charge in [-0.15, -0.1) is 0 Å². The van der Waals surface area contributed by atoms with Crippen LogP contribution in [0.5, 0.6) is 5.75 Å². The highest BCUT2D eigenvalue weighted by atomic mass is 16.5. The van der Waals surface area contributed by atoms with Gasteiger partial charge in [0.25, 0.3) is 0 Å². The van der Waals surface area contributed by atoms with Crippen LogP contribution in [0.4, 0.5) is 5.69 Å². The molecule has 0 aliphatic carbocycles. The zero-order chi connectivity index (χ0) is 17.0. The Morgan fingerprint density at radius 1 is 1.00 bits per heavy atom. The van der Waals surface area contributed by atoms with Crippen molar-refractivity contribution in [2.75, 3.05) is 31.7 Å². The van der Waals surface area contributed by atoms with Crippen LogP contribution in [-0.2, 0) is 16.1 Å². The lowest BCUT2D eigenvalue weighted by Gasteiger charge is -2.12. The van der Waals surface area contributed by atoms with Crippen molar-refractivity contribution in [3.63, 3.8) is 0 Å². The number of nitrogens with one attached hydrogen (secondary N) is 2. The van der Waals surface area contributed by atoms with Gasteiger partial charge in [0.1, 0.15) is 12.4 Å². The van der Waals surface area contributed by atoms with E-state index in [0.29, 0.717) is 37.8 Å². The van der Waals surface area contributed by atoms with Crippen LogP contribution in [0, 0.1) is 0 Å². The standard InChI is InChI=1S/C19H24N2O3/c1-2-23-12-13-24-18-11-7-6-10-17(18)21-19(22)15-20-14-16-8-4-3-5-9-16/h3-11,20H,2,12-15H2,1H3,(H,21,22). The van der Waals surface area contributed by atoms with Gasteiger partial charge in [0.15, 0.2) is 0 Å². The number of amides is 1. The molecule has 128 valence electrons. The molecule has 24 heavy (non-hydrogen) atoms. The summed E-state index contributed by atoms with van der Waals surface area (Å²) in [6.45, 7) is 4.47. The highest BCUT2D eigenvalue weighted by molar-refractivity contribution is 5.93. The van der Waals surface area contributed by atoms with Crippen molar-refractivity contribution < 1.29 is 14.3 Å². The largest absolute Gasteiger partial charge is 0.489 e. The first kappa shape index (κ1) is 18.0. The fraction of sp³-hybridized carbons (Fsp3) is 0.316. The molecule has 0 spiro atoms. The highest BCUT2D eigenvalue weighted by Gasteiger charge is 2.07. The molecule has 5 heteroatoms. The fourth-order valence-corrected chi connectivity index (χ4v) is 2.16. The van der Waals surface area contributed by atoms with E-state index < -0.39 is 0 Å². The van der Waals surface area contributed by atoms with Crippen LogP contribution >= 0.6 is 0 Å². The molecule has 0 aliphatic heterocycles. The van der Waals surface area contributed by atoms with Gasteiger partial charge in [0.05, 0.1) is 18.8 Å². The van der Waals surface area contributed by atoms with Crippen LogP contribution in [-0.4, -0.2) is 32.3 Å². The highest BCUT2D eigenvalue weighted by Crippen LogP contribution is 2.23. The lowest BCUT2D eigenvalue weighted by molar-refractivity contribution is -0.115. The molecule has 0 saturated heterocycles. The zero-order valence-electron chi connectivity index (χ0n) is 14.0. The zero-order valence-corrected chi connectivity index (χ0v) is 14.0. The lowest BCUT2D eigenvalue weighted by atomic mass is 10.2. The van der Waals surface area contributed by atoms with E-state index in [1.54, 1.807) is 0 Å². The molecular formula is C19H24N2O3. The minimum absolute atomic E-state index is 0.105. The Morgan fingerprint density at radius 3 is 2.54 bits per heavy atom. The second kappa shape index (κ2) is 10.4. The smallest absolute Gasteiger partial charge is 0.238 e. The summed E-state index contributed by atoms with van der Waals surface area (Å²) < 4.78 is 10.9. The van der Waals surface area contributed by atoms with Crippen molar-refractivity contribution in [2.45, 2.75) is 13.5 Å². The fourth-order valence-electron chi connectivity index (χ4n) is 2.16. The van der Waals surface area contributed by atoms with Crippen LogP contribution in [0.2, 0.25) is 0 Å². The molecule has 2 aromatic carbocycles. The van der Waals surface area contributed by atoms with Crippen molar-refractivity contribution in [1.29, 1.82) is 0 Å². The normalized spacial score (nSPS) is 10.4. The average Bonchev–Trinajstić information content (AvgIpc) is 2.61. The van der Waals surface area contributed by atoms with Crippen LogP contribution in [0.1, 0.15) is 12.5 Å². The van der Waals surface area contributed by atoms with Crippen LogP contribution in [0.3, 0.4) is 0 Å². The summed E-state index contributed by atoms with van der Waals surface area (Å²) in [6.07, 6.45) is 0. The minimum Gasteiger partial charge on any atom is -0.489 e. The van der Waals surface area contributed by atoms with E-state index in [-0.39, 0.29) is 12.5 Å². The first-order chi connectivity index (χ1) is 11.8. The van der Waals surface area contributed by atoms with Gasteiger partial charge in [0, 0.05) is 13.2 Å². The van der Waals surface area contributed by atoms with E-state index >= 15 is 0 Å². The van der Waals surface area contributed by atoms with Gasteiger partial charge >= 0.3 is 0 Å². The van der Waals surface area contributed by atoms with E-state index in [0.717, 1.165) is 5.56 Å². The van der Waals surface area contributed by atoms with Crippen LogP contribution < -0.4 is 15.4 Å². The Kier molecular flexibility index (Phi) is 7.80. The minimum atomic E-state index is -0.105. The van der Waals surface area contributed by atoms with Crippen molar-refractivity contribution in [3.05, 3.63) is 60.2 Å². The molecule has 0 fully saturated rings. The predicted octanol–water partition coefficient (Wildman–Crippen LogP) is 2.83. The van der Waals surface area contributed by atoms with Crippen molar-refractivity contribution in [2.24, 2.45) is 0 Å². The molecule has 5 nitrogen and oxygen atoms in total. The molecule has 2 N–H and O–H groups in total. The number of hydrogen-bond acceptors (Lipinski definition) is 4. The number of benzene rings is 2. The summed E-state index contributed by atoms with van der Waals surface area (Å²) in [6, 6.07) is 17.4. The van der Waals surface area contributed by atoms with Gasteiger partial charge in [0.2, 0.25) is 5.91 Å². The van der Waals surface area contributed by atoms with E-state index in [9.17, 15) is 4.79 Å². The Balaban J connectivity index is 1.78. The lowest BCUT2D eigenvalue weighted by Crippen LogP contribution is -2.27. The second-order valence-electron chi connectivity index (χ2n) is 5.18. The molecule has 0 saturated carbocycles. The summed E-state index contributed by atoms with van der Waals surface area (Å²) in [5.74, 6) is 0.542. The van der Waals surface area contributed by atoms with Gasteiger partial charge in [-0.25, -0.2) is 0 Å². The Bertz CT molecular complexity index is 617. The third-order valence-electron chi connectivity index (χ3n) is 3.31. The summed E-state index contributed by atoms with van der Waals surface area (Å²) >= 11 is 0. The van der Waals surface area contributed by atoms with Gasteiger partial charge in [-0.1, -0.05) is 42.5 Å². The van der Waals surface area contributed by atoms with E-state index in [2.05, 4.69) is 10.6 Å². The predicted molar refractivity (Wildman–Crippen MR) is 95.2 cm³/mol. The van der Waals surface area contributed by atoms with Gasteiger partial charge in [-0.2, -0.15) is 0 Å². The molecule has 2 rings (SSSR count). The first-order valence-electron chi connectivity index (χ1n) is 8.13. The molecule has 1 amide bonds. The van der Waals surface area contributed by atoms with Crippen LogP contribution in [0.15, 0.2) is 54.6 Å². The molecule has 0 radical (unpaired) electrons. The Labute approximate surface area is 143 Å². The topological polar surface area (TPSA) is 59.6 Å². The number of carbonyl (C=O) groups excluding carboxylic acids is 1. The molecule has 0 unspecified atom stereocenters. The maximum atomic E-state index is 12.1. The van der Waals surface area contributed by atoms with Crippen molar-refractivity contribution in [1.82, 2.24) is 5.32 Å². The van der Waals surface area contributed by atoms with E-state index in [1.165, 1.54) is 0 Å². The van der Waals surface area contributed by atoms with E-state index in [4.69, 9.17) is 9.47 Å². The molecule has 0 heterocycles. The Hall–Kier alpha value is -2.37. The third kappa shape index (κ3) is 6.40. The maximum Gasteiger partial charge on any atom is 0.238 e. The molecule has 0 atom stereocenters. The maximum absolute atomic E-state index is 12.1. The van der Waals surface area contributed by atoms with Crippen molar-refractivity contribution >= 4 is 11.6 Å². The number of para-hydroxylation sites is 2. The summed E-state index contributed by atoms with van der Waals surface area (Å²) in [4.78, 5) is 12.1. The number of hydrogen-bond donors (Lipinski definition) is 2. The van der Waals surface area contributed by atoms with Crippen LogP contribution in [0.25, 0.3) is 0 Å². The summed E-state index contributed by atoms with van der Waals surface area (Å²) in [7, 11) is 0. The molecule has 0 bridgehead atoms. The number of ether oxygens (including phenoxy) is 2.